The van der Waals surface area contributed by atoms with Gasteiger partial charge in [0, 0.05) is 6.42 Å². The number of esters is 1. The average Bonchev–Trinajstić information content (AvgIpc) is 3.25. The number of amides is 2. The maximum atomic E-state index is 12.5. The van der Waals surface area contributed by atoms with Gasteiger partial charge in [-0.2, -0.15) is 0 Å². The van der Waals surface area contributed by atoms with Crippen molar-refractivity contribution >= 4 is 23.8 Å². The molecule has 0 heterocycles. The second kappa shape index (κ2) is 7.61. The number of methoxy groups -OCH3 is 1. The predicted molar refractivity (Wildman–Crippen MR) is 92.7 cm³/mol. The summed E-state index contributed by atoms with van der Waals surface area (Å²) in [6.45, 7) is 7.44. The van der Waals surface area contributed by atoms with Gasteiger partial charge in [0.15, 0.2) is 0 Å². The second-order valence-electron chi connectivity index (χ2n) is 8.07. The van der Waals surface area contributed by atoms with E-state index in [1.807, 2.05) is 0 Å². The fourth-order valence-electron chi connectivity index (χ4n) is 2.93. The molecule has 0 radical (unpaired) electrons. The van der Waals surface area contributed by atoms with E-state index in [-0.39, 0.29) is 17.3 Å². The van der Waals surface area contributed by atoms with Crippen molar-refractivity contribution in [2.45, 2.75) is 65.1 Å². The Balaban J connectivity index is 2.86. The molecule has 0 aromatic heterocycles. The zero-order chi connectivity index (χ0) is 20.3. The lowest BCUT2D eigenvalue weighted by Crippen LogP contribution is -2.66. The number of hydrogen-bond donors (Lipinski definition) is 4. The lowest BCUT2D eigenvalue weighted by Gasteiger charge is -2.33. The molecular formula is C17H29N3O6. The van der Waals surface area contributed by atoms with Crippen LogP contribution in [0.1, 0.15) is 53.4 Å². The fourth-order valence-corrected chi connectivity index (χ4v) is 2.93. The van der Waals surface area contributed by atoms with Crippen LogP contribution in [0, 0.1) is 10.8 Å². The van der Waals surface area contributed by atoms with Gasteiger partial charge in [-0.15, -0.1) is 0 Å². The first kappa shape index (κ1) is 21.9. The third-order valence-electron chi connectivity index (χ3n) is 5.03. The zero-order valence-corrected chi connectivity index (χ0v) is 16.0. The Hall–Kier alpha value is -2.16. The Morgan fingerprint density at radius 2 is 1.69 bits per heavy atom. The van der Waals surface area contributed by atoms with E-state index >= 15 is 0 Å². The third-order valence-corrected chi connectivity index (χ3v) is 5.03. The van der Waals surface area contributed by atoms with Crippen LogP contribution in [-0.2, 0) is 23.9 Å². The van der Waals surface area contributed by atoms with E-state index in [4.69, 9.17) is 10.8 Å². The van der Waals surface area contributed by atoms with Crippen LogP contribution in [0.3, 0.4) is 0 Å². The molecular weight excluding hydrogens is 342 g/mol. The maximum Gasteiger partial charge on any atom is 0.352 e. The Labute approximate surface area is 153 Å². The topological polar surface area (TPSA) is 148 Å². The summed E-state index contributed by atoms with van der Waals surface area (Å²) in [5.41, 5.74) is 3.46. The first-order valence-electron chi connectivity index (χ1n) is 8.45. The number of carbonyl (C=O) groups is 4. The lowest BCUT2D eigenvalue weighted by molar-refractivity contribution is -0.154. The number of hydrogen-bond acceptors (Lipinski definition) is 6. The van der Waals surface area contributed by atoms with Crippen molar-refractivity contribution < 1.29 is 29.0 Å². The van der Waals surface area contributed by atoms with Gasteiger partial charge in [-0.3, -0.25) is 14.4 Å². The third kappa shape index (κ3) is 5.17. The number of rotatable bonds is 8. The number of ether oxygens (including phenoxy) is 1. The Morgan fingerprint density at radius 1 is 1.15 bits per heavy atom. The molecule has 148 valence electrons. The molecule has 1 rings (SSSR count). The van der Waals surface area contributed by atoms with Crippen molar-refractivity contribution in [2.24, 2.45) is 16.6 Å². The van der Waals surface area contributed by atoms with E-state index in [2.05, 4.69) is 36.1 Å². The highest BCUT2D eigenvalue weighted by Gasteiger charge is 2.53. The minimum Gasteiger partial charge on any atom is -0.481 e. The molecule has 2 atom stereocenters. The Bertz CT molecular complexity index is 594. The van der Waals surface area contributed by atoms with Crippen LogP contribution >= 0.6 is 0 Å². The van der Waals surface area contributed by atoms with Gasteiger partial charge >= 0.3 is 11.9 Å². The van der Waals surface area contributed by atoms with Crippen LogP contribution in [0.2, 0.25) is 0 Å². The van der Waals surface area contributed by atoms with Crippen molar-refractivity contribution in [3.8, 4) is 0 Å². The van der Waals surface area contributed by atoms with Gasteiger partial charge in [0.25, 0.3) is 0 Å². The molecule has 0 bridgehead atoms. The van der Waals surface area contributed by atoms with Crippen LogP contribution < -0.4 is 16.4 Å². The smallest absolute Gasteiger partial charge is 0.352 e. The molecule has 1 aliphatic rings. The largest absolute Gasteiger partial charge is 0.481 e. The predicted octanol–water partition coefficient (Wildman–Crippen LogP) is 0.126. The highest BCUT2D eigenvalue weighted by atomic mass is 16.5. The van der Waals surface area contributed by atoms with E-state index in [1.165, 1.54) is 6.92 Å². The number of carboxylic acids is 1. The van der Waals surface area contributed by atoms with Crippen LogP contribution in [-0.4, -0.2) is 47.7 Å². The second-order valence-corrected chi connectivity index (χ2v) is 8.07. The van der Waals surface area contributed by atoms with Crippen LogP contribution in [0.5, 0.6) is 0 Å². The number of aliphatic carboxylic acids is 1. The molecule has 1 aliphatic carbocycles. The SMILES string of the molecule is COC(=O)C(C)(NC(=O)CC1(C(C)(C)C)CC1)NC(=O)[C@@H](N)CC(=O)O. The number of nitrogens with one attached hydrogen (secondary N) is 2. The molecule has 2 amide bonds. The standard InChI is InChI=1S/C17H29N3O6/c1-15(2,3)17(6-7-17)9-11(21)19-16(4,14(25)26-5)20-13(24)10(18)8-12(22)23/h10H,6-9,18H2,1-5H3,(H,19,21)(H,20,24)(H,22,23)/t10-,16?/m0/s1. The van der Waals surface area contributed by atoms with Gasteiger partial charge in [0.2, 0.25) is 17.5 Å². The van der Waals surface area contributed by atoms with E-state index in [0.29, 0.717) is 0 Å². The molecule has 1 fully saturated rings. The molecule has 9 nitrogen and oxygen atoms in total. The molecule has 0 aromatic carbocycles. The summed E-state index contributed by atoms with van der Waals surface area (Å²) in [5, 5.41) is 13.5. The molecule has 1 unspecified atom stereocenters. The van der Waals surface area contributed by atoms with E-state index in [9.17, 15) is 19.2 Å². The van der Waals surface area contributed by atoms with Gasteiger partial charge in [-0.05, 0) is 30.6 Å². The molecule has 0 aromatic rings. The molecule has 0 spiro atoms. The quantitative estimate of drug-likeness (QED) is 0.350. The van der Waals surface area contributed by atoms with Crippen LogP contribution in [0.15, 0.2) is 0 Å². The van der Waals surface area contributed by atoms with Crippen LogP contribution in [0.25, 0.3) is 0 Å². The fraction of sp³-hybridized carbons (Fsp3) is 0.765. The van der Waals surface area contributed by atoms with Crippen molar-refractivity contribution in [3.63, 3.8) is 0 Å². The first-order chi connectivity index (χ1) is 11.8. The van der Waals surface area contributed by atoms with Gasteiger partial charge in [0.05, 0.1) is 19.6 Å². The number of nitrogens with two attached hydrogens (primary N) is 1. The van der Waals surface area contributed by atoms with E-state index < -0.39 is 41.9 Å². The summed E-state index contributed by atoms with van der Waals surface area (Å²) in [5.74, 6) is -3.42. The van der Waals surface area contributed by atoms with Crippen molar-refractivity contribution in [1.29, 1.82) is 0 Å². The Kier molecular flexibility index (Phi) is 6.40. The average molecular weight is 371 g/mol. The van der Waals surface area contributed by atoms with Gasteiger partial charge < -0.3 is 26.2 Å². The molecule has 0 saturated heterocycles. The normalized spacial score (nSPS) is 18.8. The summed E-state index contributed by atoms with van der Waals surface area (Å²) in [7, 11) is 1.12. The first-order valence-corrected chi connectivity index (χ1v) is 8.45. The molecule has 26 heavy (non-hydrogen) atoms. The maximum absolute atomic E-state index is 12.5. The van der Waals surface area contributed by atoms with Gasteiger partial charge in [-0.25, -0.2) is 4.79 Å². The lowest BCUT2D eigenvalue weighted by atomic mass is 9.75. The summed E-state index contributed by atoms with van der Waals surface area (Å²) in [6, 6.07) is -1.36. The minimum absolute atomic E-state index is 0.0703. The van der Waals surface area contributed by atoms with Gasteiger partial charge in [-0.1, -0.05) is 20.8 Å². The molecule has 9 heteroatoms. The number of carboxylic acid groups (broad SMARTS) is 1. The van der Waals surface area contributed by atoms with E-state index in [1.54, 1.807) is 0 Å². The highest BCUT2D eigenvalue weighted by Crippen LogP contribution is 2.60. The molecule has 1 saturated carbocycles. The monoisotopic (exact) mass is 371 g/mol. The summed E-state index contributed by atoms with van der Waals surface area (Å²) < 4.78 is 4.67. The van der Waals surface area contributed by atoms with E-state index in [0.717, 1.165) is 20.0 Å². The van der Waals surface area contributed by atoms with Gasteiger partial charge in [0.1, 0.15) is 0 Å². The van der Waals surface area contributed by atoms with Crippen molar-refractivity contribution in [3.05, 3.63) is 0 Å². The zero-order valence-electron chi connectivity index (χ0n) is 16.0. The van der Waals surface area contributed by atoms with Crippen molar-refractivity contribution in [2.75, 3.05) is 7.11 Å². The summed E-state index contributed by atoms with van der Waals surface area (Å²) in [4.78, 5) is 47.4. The number of carbonyl (C=O) groups excluding carboxylic acids is 3. The molecule has 5 N–H and O–H groups in total. The van der Waals surface area contributed by atoms with Crippen molar-refractivity contribution in [1.82, 2.24) is 10.6 Å². The summed E-state index contributed by atoms with van der Waals surface area (Å²) >= 11 is 0. The highest BCUT2D eigenvalue weighted by molar-refractivity contribution is 5.94. The summed E-state index contributed by atoms with van der Waals surface area (Å²) in [6.07, 6.45) is 1.42. The molecule has 0 aliphatic heterocycles. The minimum atomic E-state index is -1.84. The van der Waals surface area contributed by atoms with Crippen LogP contribution in [0.4, 0.5) is 0 Å². The Morgan fingerprint density at radius 3 is 2.08 bits per heavy atom.